The Morgan fingerprint density at radius 2 is 1.86 bits per heavy atom. The largest absolute Gasteiger partial charge is 0.444 e. The van der Waals surface area contributed by atoms with Gasteiger partial charge in [0.05, 0.1) is 26.1 Å². The zero-order valence-corrected chi connectivity index (χ0v) is 23.4. The fourth-order valence-corrected chi connectivity index (χ4v) is 6.04. The van der Waals surface area contributed by atoms with E-state index in [9.17, 15) is 18.8 Å². The highest BCUT2D eigenvalue weighted by Gasteiger charge is 2.35. The van der Waals surface area contributed by atoms with Gasteiger partial charge in [-0.25, -0.2) is 14.0 Å². The summed E-state index contributed by atoms with van der Waals surface area (Å²) >= 11 is 13.1. The summed E-state index contributed by atoms with van der Waals surface area (Å²) in [5, 5.41) is 0.126. The minimum Gasteiger partial charge on any atom is -0.444 e. The summed E-state index contributed by atoms with van der Waals surface area (Å²) in [5.74, 6) is -0.983. The first-order valence-electron chi connectivity index (χ1n) is 10.8. The number of fused-ring (bicyclic) bond motifs is 1. The number of ether oxygens (including phenoxy) is 1. The number of nitrogens with zero attached hydrogens (tertiary/aromatic N) is 3. The lowest BCUT2D eigenvalue weighted by Gasteiger charge is -2.39. The smallest absolute Gasteiger partial charge is 0.410 e. The van der Waals surface area contributed by atoms with Crippen LogP contribution in [0.3, 0.4) is 0 Å². The Labute approximate surface area is 223 Å². The number of likely N-dealkylation sites (tertiary alicyclic amines) is 1. The van der Waals surface area contributed by atoms with E-state index in [-0.39, 0.29) is 33.9 Å². The molecule has 0 saturated carbocycles. The van der Waals surface area contributed by atoms with Crippen molar-refractivity contribution in [2.75, 3.05) is 13.1 Å². The summed E-state index contributed by atoms with van der Waals surface area (Å²) in [4.78, 5) is 40.2. The highest BCUT2D eigenvalue weighted by atomic mass is 79.9. The van der Waals surface area contributed by atoms with Gasteiger partial charge in [-0.15, -0.1) is 0 Å². The standard InChI is InChI=1S/C24H23Br2ClFN3O4/c1-24(2,3)35-23(34)30-9-12(10-30)11-31-17-8-15(25)18(19(26)20(17)29(4)22(31)33)21(32)14-7-13(28)5-6-16(14)27/h5-8,12H,9-11H2,1-4H3. The number of hydrogen-bond acceptors (Lipinski definition) is 4. The third-order valence-electron chi connectivity index (χ3n) is 5.77. The minimum atomic E-state index is -0.578. The Balaban J connectivity index is 1.66. The number of hydrogen-bond donors (Lipinski definition) is 0. The molecule has 35 heavy (non-hydrogen) atoms. The fourth-order valence-electron chi connectivity index (χ4n) is 4.11. The lowest BCUT2D eigenvalue weighted by Crippen LogP contribution is -2.53. The molecule has 4 rings (SSSR count). The molecule has 1 aromatic heterocycles. The molecule has 1 aliphatic heterocycles. The van der Waals surface area contributed by atoms with E-state index in [1.165, 1.54) is 16.7 Å². The Hall–Kier alpha value is -2.17. The molecule has 11 heteroatoms. The number of imidazole rings is 1. The SMILES string of the molecule is Cn1c(=O)n(CC2CN(C(=O)OC(C)(C)C)C2)c2cc(Br)c(C(=O)c3cc(F)ccc3Cl)c(Br)c21. The molecule has 2 heterocycles. The molecule has 0 atom stereocenters. The normalized spacial score (nSPS) is 14.3. The highest BCUT2D eigenvalue weighted by Crippen LogP contribution is 2.36. The van der Waals surface area contributed by atoms with Crippen LogP contribution in [-0.4, -0.2) is 44.6 Å². The Morgan fingerprint density at radius 3 is 2.49 bits per heavy atom. The van der Waals surface area contributed by atoms with Crippen LogP contribution in [0.15, 0.2) is 38.0 Å². The summed E-state index contributed by atoms with van der Waals surface area (Å²) < 4.78 is 23.1. The van der Waals surface area contributed by atoms with Crippen LogP contribution in [0.25, 0.3) is 11.0 Å². The molecule has 2 aromatic carbocycles. The lowest BCUT2D eigenvalue weighted by atomic mass is 10.0. The summed E-state index contributed by atoms with van der Waals surface area (Å²) in [7, 11) is 1.62. The van der Waals surface area contributed by atoms with Crippen molar-refractivity contribution in [3.05, 3.63) is 65.7 Å². The molecular formula is C24H23Br2ClFN3O4. The van der Waals surface area contributed by atoms with Gasteiger partial charge in [0, 0.05) is 42.6 Å². The van der Waals surface area contributed by atoms with Crippen molar-refractivity contribution in [3.63, 3.8) is 0 Å². The summed E-state index contributed by atoms with van der Waals surface area (Å²) in [5.41, 5.74) is 0.576. The van der Waals surface area contributed by atoms with Crippen LogP contribution in [0, 0.1) is 11.7 Å². The first-order chi connectivity index (χ1) is 16.3. The summed E-state index contributed by atoms with van der Waals surface area (Å²) in [6, 6.07) is 5.30. The zero-order chi connectivity index (χ0) is 25.8. The average molecular weight is 632 g/mol. The predicted molar refractivity (Wildman–Crippen MR) is 139 cm³/mol. The maximum atomic E-state index is 13.8. The molecule has 7 nitrogen and oxygen atoms in total. The Kier molecular flexibility index (Phi) is 6.93. The molecule has 1 amide bonds. The molecule has 0 unspecified atom stereocenters. The van der Waals surface area contributed by atoms with Gasteiger partial charge >= 0.3 is 11.8 Å². The van der Waals surface area contributed by atoms with E-state index >= 15 is 0 Å². The Bertz CT molecular complexity index is 1420. The van der Waals surface area contributed by atoms with E-state index in [1.54, 1.807) is 22.6 Å². The van der Waals surface area contributed by atoms with Crippen LogP contribution < -0.4 is 5.69 Å². The first kappa shape index (κ1) is 25.9. The maximum Gasteiger partial charge on any atom is 0.410 e. The minimum absolute atomic E-state index is 0.0218. The predicted octanol–water partition coefficient (Wildman–Crippen LogP) is 5.76. The van der Waals surface area contributed by atoms with Gasteiger partial charge in [0.2, 0.25) is 0 Å². The average Bonchev–Trinajstić information content (AvgIpc) is 2.94. The summed E-state index contributed by atoms with van der Waals surface area (Å²) in [6.45, 7) is 6.80. The van der Waals surface area contributed by atoms with Crippen molar-refractivity contribution in [3.8, 4) is 0 Å². The van der Waals surface area contributed by atoms with E-state index < -0.39 is 17.2 Å². The molecule has 186 valence electrons. The van der Waals surface area contributed by atoms with Gasteiger partial charge in [-0.2, -0.15) is 0 Å². The van der Waals surface area contributed by atoms with Gasteiger partial charge in [-0.05, 0) is 76.9 Å². The van der Waals surface area contributed by atoms with Crippen LogP contribution in [0.5, 0.6) is 0 Å². The second-order valence-electron chi connectivity index (χ2n) is 9.57. The van der Waals surface area contributed by atoms with Crippen LogP contribution in [0.2, 0.25) is 5.02 Å². The molecule has 0 radical (unpaired) electrons. The van der Waals surface area contributed by atoms with E-state index in [0.29, 0.717) is 39.6 Å². The third kappa shape index (κ3) is 4.93. The lowest BCUT2D eigenvalue weighted by molar-refractivity contribution is -0.00331. The zero-order valence-electron chi connectivity index (χ0n) is 19.5. The van der Waals surface area contributed by atoms with Crippen LogP contribution in [-0.2, 0) is 18.3 Å². The van der Waals surface area contributed by atoms with Gasteiger partial charge in [0.15, 0.2) is 5.78 Å². The van der Waals surface area contributed by atoms with Crippen molar-refractivity contribution < 1.29 is 18.7 Å². The summed E-state index contributed by atoms with van der Waals surface area (Å²) in [6.07, 6.45) is -0.372. The third-order valence-corrected chi connectivity index (χ3v) is 7.49. The topological polar surface area (TPSA) is 73.5 Å². The molecular weight excluding hydrogens is 609 g/mol. The molecule has 0 N–H and O–H groups in total. The number of carbonyl (C=O) groups is 2. The second kappa shape index (κ2) is 9.37. The number of halogens is 4. The van der Waals surface area contributed by atoms with E-state index in [1.807, 2.05) is 20.8 Å². The maximum absolute atomic E-state index is 13.8. The van der Waals surface area contributed by atoms with Crippen molar-refractivity contribution in [1.82, 2.24) is 14.0 Å². The number of carbonyl (C=O) groups excluding carboxylic acids is 2. The van der Waals surface area contributed by atoms with Crippen molar-refractivity contribution in [2.45, 2.75) is 32.9 Å². The van der Waals surface area contributed by atoms with Crippen molar-refractivity contribution in [1.29, 1.82) is 0 Å². The molecule has 0 aliphatic carbocycles. The van der Waals surface area contributed by atoms with Gasteiger partial charge in [0.1, 0.15) is 11.4 Å². The molecule has 0 spiro atoms. The molecule has 1 aliphatic rings. The van der Waals surface area contributed by atoms with E-state index in [0.717, 1.165) is 6.07 Å². The number of aryl methyl sites for hydroxylation is 1. The van der Waals surface area contributed by atoms with E-state index in [4.69, 9.17) is 16.3 Å². The number of benzene rings is 2. The Morgan fingerprint density at radius 1 is 1.20 bits per heavy atom. The number of aromatic nitrogens is 2. The molecule has 3 aromatic rings. The monoisotopic (exact) mass is 629 g/mol. The fraction of sp³-hybridized carbons (Fsp3) is 0.375. The van der Waals surface area contributed by atoms with Gasteiger partial charge in [0.25, 0.3) is 0 Å². The van der Waals surface area contributed by atoms with Crippen LogP contribution >= 0.6 is 43.5 Å². The van der Waals surface area contributed by atoms with Gasteiger partial charge in [-0.1, -0.05) is 11.6 Å². The second-order valence-corrected chi connectivity index (χ2v) is 11.6. The number of amides is 1. The van der Waals surface area contributed by atoms with Crippen molar-refractivity contribution >= 4 is 66.4 Å². The number of rotatable bonds is 4. The van der Waals surface area contributed by atoms with Crippen molar-refractivity contribution in [2.24, 2.45) is 13.0 Å². The molecule has 1 fully saturated rings. The number of ketones is 1. The molecule has 1 saturated heterocycles. The van der Waals surface area contributed by atoms with E-state index in [2.05, 4.69) is 31.9 Å². The van der Waals surface area contributed by atoms with Gasteiger partial charge < -0.3 is 9.64 Å². The quantitative estimate of drug-likeness (QED) is 0.344. The van der Waals surface area contributed by atoms with Gasteiger partial charge in [-0.3, -0.25) is 13.9 Å². The van der Waals surface area contributed by atoms with Crippen LogP contribution in [0.4, 0.5) is 9.18 Å². The highest BCUT2D eigenvalue weighted by molar-refractivity contribution is 9.11. The molecule has 0 bridgehead atoms. The first-order valence-corrected chi connectivity index (χ1v) is 12.8. The van der Waals surface area contributed by atoms with Crippen LogP contribution in [0.1, 0.15) is 36.7 Å².